The van der Waals surface area contributed by atoms with E-state index < -0.39 is 6.10 Å². The van der Waals surface area contributed by atoms with Gasteiger partial charge in [0.25, 0.3) is 0 Å². The lowest BCUT2D eigenvalue weighted by Gasteiger charge is -2.33. The number of rotatable bonds is 2. The van der Waals surface area contributed by atoms with Crippen molar-refractivity contribution in [2.75, 3.05) is 18.0 Å². The molecule has 20 heavy (non-hydrogen) atoms. The van der Waals surface area contributed by atoms with Gasteiger partial charge < -0.3 is 15.1 Å². The fourth-order valence-corrected chi connectivity index (χ4v) is 2.67. The van der Waals surface area contributed by atoms with Crippen molar-refractivity contribution in [1.82, 2.24) is 0 Å². The zero-order valence-electron chi connectivity index (χ0n) is 12.8. The summed E-state index contributed by atoms with van der Waals surface area (Å²) in [4.78, 5) is 2.25. The molecule has 0 saturated carbocycles. The standard InChI is InChI=1S/C17H25NO2/c1-12(19)15-6-5-14(11-16(15)20)18-9-7-13(8-10-18)17(2,3)4/h5-7,11-12,19-20H,8-10H2,1-4H3. The SMILES string of the molecule is CC(O)c1ccc(N2CC=C(C(C)(C)C)CC2)cc1O. The third kappa shape index (κ3) is 3.15. The lowest BCUT2D eigenvalue weighted by Crippen LogP contribution is -2.31. The van der Waals surface area contributed by atoms with Crippen LogP contribution in [0.25, 0.3) is 0 Å². The maximum atomic E-state index is 9.97. The van der Waals surface area contributed by atoms with Crippen LogP contribution in [0.1, 0.15) is 45.8 Å². The monoisotopic (exact) mass is 275 g/mol. The van der Waals surface area contributed by atoms with Gasteiger partial charge in [-0.3, -0.25) is 0 Å². The predicted octanol–water partition coefficient (Wildman–Crippen LogP) is 3.63. The first-order valence-electron chi connectivity index (χ1n) is 7.24. The molecule has 0 fully saturated rings. The Morgan fingerprint density at radius 1 is 1.25 bits per heavy atom. The third-order valence-electron chi connectivity index (χ3n) is 4.00. The summed E-state index contributed by atoms with van der Waals surface area (Å²) in [7, 11) is 0. The minimum atomic E-state index is -0.641. The quantitative estimate of drug-likeness (QED) is 0.810. The highest BCUT2D eigenvalue weighted by Crippen LogP contribution is 2.33. The summed E-state index contributed by atoms with van der Waals surface area (Å²) < 4.78 is 0. The fourth-order valence-electron chi connectivity index (χ4n) is 2.67. The van der Waals surface area contributed by atoms with E-state index in [1.807, 2.05) is 6.07 Å². The van der Waals surface area contributed by atoms with Gasteiger partial charge in [-0.2, -0.15) is 0 Å². The second-order valence-electron chi connectivity index (χ2n) is 6.59. The van der Waals surface area contributed by atoms with Gasteiger partial charge in [-0.1, -0.05) is 38.5 Å². The Kier molecular flexibility index (Phi) is 4.09. The molecule has 0 amide bonds. The van der Waals surface area contributed by atoms with Crippen molar-refractivity contribution in [1.29, 1.82) is 0 Å². The highest BCUT2D eigenvalue weighted by Gasteiger charge is 2.21. The van der Waals surface area contributed by atoms with Crippen molar-refractivity contribution in [2.45, 2.75) is 40.2 Å². The van der Waals surface area contributed by atoms with Crippen molar-refractivity contribution >= 4 is 5.69 Å². The molecule has 1 aliphatic heterocycles. The number of hydrogen-bond donors (Lipinski definition) is 2. The molecule has 1 atom stereocenters. The maximum Gasteiger partial charge on any atom is 0.123 e. The second kappa shape index (κ2) is 5.49. The Bertz CT molecular complexity index is 512. The number of nitrogens with zero attached hydrogens (tertiary/aromatic N) is 1. The highest BCUT2D eigenvalue weighted by molar-refractivity contribution is 5.55. The molecule has 2 N–H and O–H groups in total. The van der Waals surface area contributed by atoms with Crippen LogP contribution in [-0.4, -0.2) is 23.3 Å². The zero-order chi connectivity index (χ0) is 14.9. The smallest absolute Gasteiger partial charge is 0.123 e. The van der Waals surface area contributed by atoms with Crippen molar-refractivity contribution in [3.63, 3.8) is 0 Å². The summed E-state index contributed by atoms with van der Waals surface area (Å²) in [6.07, 6.45) is 2.71. The molecule has 1 aliphatic rings. The number of benzene rings is 1. The fraction of sp³-hybridized carbons (Fsp3) is 0.529. The van der Waals surface area contributed by atoms with Crippen LogP contribution in [0.3, 0.4) is 0 Å². The molecule has 2 rings (SSSR count). The van der Waals surface area contributed by atoms with Gasteiger partial charge in [-0.15, -0.1) is 0 Å². The van der Waals surface area contributed by atoms with E-state index in [0.717, 1.165) is 25.2 Å². The molecule has 1 aromatic carbocycles. The molecule has 1 heterocycles. The van der Waals surface area contributed by atoms with E-state index >= 15 is 0 Å². The molecule has 0 aliphatic carbocycles. The molecular formula is C17H25NO2. The van der Waals surface area contributed by atoms with Gasteiger partial charge in [0.2, 0.25) is 0 Å². The van der Waals surface area contributed by atoms with E-state index in [1.54, 1.807) is 19.1 Å². The Balaban J connectivity index is 2.15. The van der Waals surface area contributed by atoms with E-state index in [0.29, 0.717) is 5.56 Å². The molecule has 0 bridgehead atoms. The summed E-state index contributed by atoms with van der Waals surface area (Å²) in [6, 6.07) is 5.52. The number of aliphatic hydroxyl groups excluding tert-OH is 1. The maximum absolute atomic E-state index is 9.97. The Hall–Kier alpha value is -1.48. The Labute approximate surface area is 121 Å². The predicted molar refractivity (Wildman–Crippen MR) is 83.1 cm³/mol. The largest absolute Gasteiger partial charge is 0.507 e. The Morgan fingerprint density at radius 3 is 2.40 bits per heavy atom. The average Bonchev–Trinajstić information content (AvgIpc) is 2.37. The number of anilines is 1. The van der Waals surface area contributed by atoms with E-state index in [1.165, 1.54) is 5.57 Å². The number of phenolic OH excluding ortho intramolecular Hbond substituents is 1. The molecule has 1 unspecified atom stereocenters. The Morgan fingerprint density at radius 2 is 1.95 bits per heavy atom. The van der Waals surface area contributed by atoms with Crippen LogP contribution in [0.2, 0.25) is 0 Å². The van der Waals surface area contributed by atoms with Gasteiger partial charge in [0, 0.05) is 30.4 Å². The van der Waals surface area contributed by atoms with E-state index in [4.69, 9.17) is 0 Å². The number of phenols is 1. The van der Waals surface area contributed by atoms with Crippen molar-refractivity contribution < 1.29 is 10.2 Å². The molecule has 3 nitrogen and oxygen atoms in total. The first-order valence-corrected chi connectivity index (χ1v) is 7.24. The van der Waals surface area contributed by atoms with E-state index in [2.05, 4.69) is 31.7 Å². The summed E-state index contributed by atoms with van der Waals surface area (Å²) in [5, 5.41) is 19.5. The first-order chi connectivity index (χ1) is 9.29. The van der Waals surface area contributed by atoms with Gasteiger partial charge in [-0.25, -0.2) is 0 Å². The van der Waals surface area contributed by atoms with Crippen LogP contribution in [0, 0.1) is 5.41 Å². The number of aromatic hydroxyl groups is 1. The van der Waals surface area contributed by atoms with Crippen LogP contribution in [0.15, 0.2) is 29.8 Å². The molecule has 1 aromatic rings. The van der Waals surface area contributed by atoms with E-state index in [-0.39, 0.29) is 11.2 Å². The summed E-state index contributed by atoms with van der Waals surface area (Å²) in [5.41, 5.74) is 3.33. The van der Waals surface area contributed by atoms with Crippen molar-refractivity contribution in [2.24, 2.45) is 5.41 Å². The molecule has 0 radical (unpaired) electrons. The number of aliphatic hydroxyl groups is 1. The van der Waals surface area contributed by atoms with Crippen molar-refractivity contribution in [3.05, 3.63) is 35.4 Å². The van der Waals surface area contributed by atoms with Crippen LogP contribution in [-0.2, 0) is 0 Å². The molecule has 110 valence electrons. The third-order valence-corrected chi connectivity index (χ3v) is 4.00. The number of hydrogen-bond acceptors (Lipinski definition) is 3. The molecule has 0 aromatic heterocycles. The normalized spacial score (nSPS) is 17.9. The van der Waals surface area contributed by atoms with Crippen LogP contribution in [0.4, 0.5) is 5.69 Å². The minimum Gasteiger partial charge on any atom is -0.507 e. The molecule has 0 saturated heterocycles. The topological polar surface area (TPSA) is 43.7 Å². The second-order valence-corrected chi connectivity index (χ2v) is 6.59. The van der Waals surface area contributed by atoms with Gasteiger partial charge in [0.05, 0.1) is 6.10 Å². The summed E-state index contributed by atoms with van der Waals surface area (Å²) in [6.45, 7) is 10.2. The molecular weight excluding hydrogens is 250 g/mol. The van der Waals surface area contributed by atoms with Gasteiger partial charge in [0.15, 0.2) is 0 Å². The summed E-state index contributed by atoms with van der Waals surface area (Å²) in [5.74, 6) is 0.170. The zero-order valence-corrected chi connectivity index (χ0v) is 12.8. The van der Waals surface area contributed by atoms with Crippen LogP contribution < -0.4 is 4.90 Å². The van der Waals surface area contributed by atoms with Gasteiger partial charge in [-0.05, 0) is 24.8 Å². The summed E-state index contributed by atoms with van der Waals surface area (Å²) >= 11 is 0. The minimum absolute atomic E-state index is 0.170. The first kappa shape index (κ1) is 14.9. The molecule has 0 spiro atoms. The highest BCUT2D eigenvalue weighted by atomic mass is 16.3. The van der Waals surface area contributed by atoms with E-state index in [9.17, 15) is 10.2 Å². The lowest BCUT2D eigenvalue weighted by molar-refractivity contribution is 0.195. The average molecular weight is 275 g/mol. The van der Waals surface area contributed by atoms with Crippen LogP contribution in [0.5, 0.6) is 5.75 Å². The van der Waals surface area contributed by atoms with Crippen molar-refractivity contribution in [3.8, 4) is 5.75 Å². The van der Waals surface area contributed by atoms with Gasteiger partial charge >= 0.3 is 0 Å². The van der Waals surface area contributed by atoms with Gasteiger partial charge in [0.1, 0.15) is 5.75 Å². The molecule has 3 heteroatoms. The lowest BCUT2D eigenvalue weighted by atomic mass is 9.83. The van der Waals surface area contributed by atoms with Crippen LogP contribution >= 0.6 is 0 Å².